The van der Waals surface area contributed by atoms with Gasteiger partial charge in [-0.15, -0.1) is 13.2 Å². The molecule has 4 nitrogen and oxygen atoms in total. The first-order valence-electron chi connectivity index (χ1n) is 6.69. The highest BCUT2D eigenvalue weighted by Crippen LogP contribution is 2.26. The number of ether oxygens (including phenoxy) is 1. The molecule has 0 spiro atoms. The molecule has 0 saturated carbocycles. The van der Waals surface area contributed by atoms with E-state index in [2.05, 4.69) is 10.1 Å². The summed E-state index contributed by atoms with van der Waals surface area (Å²) in [4.78, 5) is 11.7. The Morgan fingerprint density at radius 3 is 2.73 bits per heavy atom. The second-order valence-electron chi connectivity index (χ2n) is 4.58. The van der Waals surface area contributed by atoms with Gasteiger partial charge in [0.15, 0.2) is 0 Å². The van der Waals surface area contributed by atoms with Crippen LogP contribution in [0.3, 0.4) is 0 Å². The van der Waals surface area contributed by atoms with Gasteiger partial charge in [0.1, 0.15) is 5.75 Å². The van der Waals surface area contributed by atoms with Crippen molar-refractivity contribution in [2.75, 3.05) is 18.6 Å². The zero-order chi connectivity index (χ0) is 16.6. The van der Waals surface area contributed by atoms with Crippen molar-refractivity contribution in [3.05, 3.63) is 29.8 Å². The molecule has 1 atom stereocenters. The van der Waals surface area contributed by atoms with E-state index in [-0.39, 0.29) is 24.6 Å². The Labute approximate surface area is 131 Å². The van der Waals surface area contributed by atoms with Crippen molar-refractivity contribution in [3.63, 3.8) is 0 Å². The van der Waals surface area contributed by atoms with Gasteiger partial charge in [-0.1, -0.05) is 18.2 Å². The molecule has 1 amide bonds. The number of benzene rings is 1. The van der Waals surface area contributed by atoms with Crippen molar-refractivity contribution in [1.29, 1.82) is 0 Å². The van der Waals surface area contributed by atoms with E-state index in [1.54, 1.807) is 17.8 Å². The summed E-state index contributed by atoms with van der Waals surface area (Å²) in [6, 6.07) is 5.25. The summed E-state index contributed by atoms with van der Waals surface area (Å²) in [5, 5.41) is 2.62. The average Bonchev–Trinajstić information content (AvgIpc) is 2.44. The smallest absolute Gasteiger partial charge is 0.406 e. The van der Waals surface area contributed by atoms with E-state index in [9.17, 15) is 18.0 Å². The van der Waals surface area contributed by atoms with Gasteiger partial charge in [-0.05, 0) is 36.5 Å². The average molecular weight is 336 g/mol. The standard InChI is InChI=1S/C14H19F3N2O2S/c1-22-9-7-11(18)13(20)19-8-6-10-4-2-3-5-12(10)21-14(15,16)17/h2-5,11H,6-9,18H2,1H3,(H,19,20)/t11-/m0/s1. The van der Waals surface area contributed by atoms with Gasteiger partial charge in [0.25, 0.3) is 0 Å². The number of carbonyl (C=O) groups is 1. The summed E-state index contributed by atoms with van der Waals surface area (Å²) in [6.07, 6.45) is -2.03. The van der Waals surface area contributed by atoms with Crippen LogP contribution in [0.5, 0.6) is 5.75 Å². The third-order valence-corrected chi connectivity index (χ3v) is 3.51. The van der Waals surface area contributed by atoms with Crippen LogP contribution in [0.25, 0.3) is 0 Å². The van der Waals surface area contributed by atoms with Crippen molar-refractivity contribution in [2.45, 2.75) is 25.2 Å². The fourth-order valence-electron chi connectivity index (χ4n) is 1.76. The van der Waals surface area contributed by atoms with E-state index in [0.29, 0.717) is 12.0 Å². The number of rotatable bonds is 8. The molecule has 1 aromatic carbocycles. The number of thioether (sulfide) groups is 1. The van der Waals surface area contributed by atoms with Crippen LogP contribution in [-0.2, 0) is 11.2 Å². The lowest BCUT2D eigenvalue weighted by atomic mass is 10.1. The minimum absolute atomic E-state index is 0.198. The van der Waals surface area contributed by atoms with E-state index in [4.69, 9.17) is 5.73 Å². The quantitative estimate of drug-likeness (QED) is 0.765. The first-order valence-corrected chi connectivity index (χ1v) is 8.08. The molecule has 1 rings (SSSR count). The van der Waals surface area contributed by atoms with E-state index < -0.39 is 12.4 Å². The van der Waals surface area contributed by atoms with Crippen molar-refractivity contribution >= 4 is 17.7 Å². The first-order chi connectivity index (χ1) is 10.3. The fraction of sp³-hybridized carbons (Fsp3) is 0.500. The van der Waals surface area contributed by atoms with Crippen LogP contribution in [0.2, 0.25) is 0 Å². The van der Waals surface area contributed by atoms with Gasteiger partial charge >= 0.3 is 6.36 Å². The largest absolute Gasteiger partial charge is 0.573 e. The lowest BCUT2D eigenvalue weighted by Gasteiger charge is -2.14. The van der Waals surface area contributed by atoms with Crippen molar-refractivity contribution in [1.82, 2.24) is 5.32 Å². The molecule has 0 heterocycles. The molecule has 124 valence electrons. The monoisotopic (exact) mass is 336 g/mol. The van der Waals surface area contributed by atoms with Crippen LogP contribution in [0.4, 0.5) is 13.2 Å². The van der Waals surface area contributed by atoms with Crippen LogP contribution in [0, 0.1) is 0 Å². The van der Waals surface area contributed by atoms with Crippen LogP contribution < -0.4 is 15.8 Å². The van der Waals surface area contributed by atoms with Crippen LogP contribution in [0.15, 0.2) is 24.3 Å². The molecule has 0 saturated heterocycles. The summed E-state index contributed by atoms with van der Waals surface area (Å²) in [7, 11) is 0. The van der Waals surface area contributed by atoms with E-state index in [0.717, 1.165) is 5.75 Å². The number of hydrogen-bond acceptors (Lipinski definition) is 4. The number of nitrogens with two attached hydrogens (primary N) is 1. The fourth-order valence-corrected chi connectivity index (χ4v) is 2.25. The normalized spacial score (nSPS) is 12.8. The van der Waals surface area contributed by atoms with Gasteiger partial charge in [-0.25, -0.2) is 0 Å². The third-order valence-electron chi connectivity index (χ3n) is 2.86. The van der Waals surface area contributed by atoms with Crippen molar-refractivity contribution < 1.29 is 22.7 Å². The molecule has 0 unspecified atom stereocenters. The van der Waals surface area contributed by atoms with Gasteiger partial charge < -0.3 is 15.8 Å². The van der Waals surface area contributed by atoms with E-state index >= 15 is 0 Å². The van der Waals surface area contributed by atoms with Crippen molar-refractivity contribution in [2.24, 2.45) is 5.73 Å². The molecule has 0 aromatic heterocycles. The molecule has 22 heavy (non-hydrogen) atoms. The third kappa shape index (κ3) is 7.04. The number of amides is 1. The molecule has 8 heteroatoms. The second-order valence-corrected chi connectivity index (χ2v) is 5.57. The first kappa shape index (κ1) is 18.6. The summed E-state index contributed by atoms with van der Waals surface area (Å²) in [5.41, 5.74) is 6.07. The SMILES string of the molecule is CSCC[C@H](N)C(=O)NCCc1ccccc1OC(F)(F)F. The minimum Gasteiger partial charge on any atom is -0.406 e. The minimum atomic E-state index is -4.74. The molecule has 0 aliphatic heterocycles. The van der Waals surface area contributed by atoms with Crippen molar-refractivity contribution in [3.8, 4) is 5.75 Å². The highest BCUT2D eigenvalue weighted by atomic mass is 32.2. The molecule has 0 bridgehead atoms. The van der Waals surface area contributed by atoms with Gasteiger partial charge in [0.05, 0.1) is 6.04 Å². The Morgan fingerprint density at radius 2 is 2.09 bits per heavy atom. The predicted octanol–water partition coefficient (Wildman–Crippen LogP) is 2.32. The maximum Gasteiger partial charge on any atom is 0.573 e. The molecule has 0 fully saturated rings. The molecule has 0 aliphatic carbocycles. The summed E-state index contributed by atoms with van der Waals surface area (Å²) in [6.45, 7) is 0.198. The summed E-state index contributed by atoms with van der Waals surface area (Å²) in [5.74, 6) is 0.218. The maximum absolute atomic E-state index is 12.3. The summed E-state index contributed by atoms with van der Waals surface area (Å²) < 4.78 is 40.8. The maximum atomic E-state index is 12.3. The Kier molecular flexibility index (Phi) is 7.53. The van der Waals surface area contributed by atoms with Crippen LogP contribution >= 0.6 is 11.8 Å². The highest BCUT2D eigenvalue weighted by Gasteiger charge is 2.31. The number of para-hydroxylation sites is 1. The second kappa shape index (κ2) is 8.89. The Balaban J connectivity index is 2.50. The molecule has 1 aromatic rings. The Morgan fingerprint density at radius 1 is 1.41 bits per heavy atom. The van der Waals surface area contributed by atoms with E-state index in [1.165, 1.54) is 18.2 Å². The van der Waals surface area contributed by atoms with Gasteiger partial charge in [-0.2, -0.15) is 11.8 Å². The van der Waals surface area contributed by atoms with E-state index in [1.807, 2.05) is 6.26 Å². The number of carbonyl (C=O) groups excluding carboxylic acids is 1. The molecule has 3 N–H and O–H groups in total. The van der Waals surface area contributed by atoms with Crippen LogP contribution in [-0.4, -0.2) is 36.9 Å². The predicted molar refractivity (Wildman–Crippen MR) is 80.8 cm³/mol. The van der Waals surface area contributed by atoms with Gasteiger partial charge in [0, 0.05) is 6.54 Å². The zero-order valence-electron chi connectivity index (χ0n) is 12.2. The molecule has 0 radical (unpaired) electrons. The Bertz CT molecular complexity index is 483. The lowest BCUT2D eigenvalue weighted by Crippen LogP contribution is -2.41. The molecular formula is C14H19F3N2O2S. The number of halogens is 3. The summed E-state index contributed by atoms with van der Waals surface area (Å²) >= 11 is 1.59. The number of nitrogens with one attached hydrogen (secondary N) is 1. The number of alkyl halides is 3. The molecular weight excluding hydrogens is 317 g/mol. The molecule has 0 aliphatic rings. The van der Waals surface area contributed by atoms with Gasteiger partial charge in [0.2, 0.25) is 5.91 Å². The topological polar surface area (TPSA) is 64.4 Å². The zero-order valence-corrected chi connectivity index (χ0v) is 13.0. The Hall–Kier alpha value is -1.41. The van der Waals surface area contributed by atoms with Crippen LogP contribution in [0.1, 0.15) is 12.0 Å². The number of hydrogen-bond donors (Lipinski definition) is 2. The van der Waals surface area contributed by atoms with Gasteiger partial charge in [-0.3, -0.25) is 4.79 Å². The highest BCUT2D eigenvalue weighted by molar-refractivity contribution is 7.98. The lowest BCUT2D eigenvalue weighted by molar-refractivity contribution is -0.274.